The predicted molar refractivity (Wildman–Crippen MR) is 126 cm³/mol. The van der Waals surface area contributed by atoms with Crippen LogP contribution in [0.15, 0.2) is 65.3 Å². The summed E-state index contributed by atoms with van der Waals surface area (Å²) in [4.78, 5) is 5.38. The first-order chi connectivity index (χ1) is 16.1. The second-order valence-corrected chi connectivity index (χ2v) is 7.02. The van der Waals surface area contributed by atoms with E-state index in [-0.39, 0.29) is 18.9 Å². The molecule has 0 saturated heterocycles. The van der Waals surface area contributed by atoms with Gasteiger partial charge in [-0.3, -0.25) is 0 Å². The Hall–Kier alpha value is -3.40. The molecule has 1 aromatic carbocycles. The number of anilines is 1. The summed E-state index contributed by atoms with van der Waals surface area (Å²) >= 11 is 0. The van der Waals surface area contributed by atoms with Gasteiger partial charge in [0.25, 0.3) is 5.70 Å². The number of nitriles is 1. The van der Waals surface area contributed by atoms with Crippen LogP contribution in [0.4, 0.5) is 5.69 Å². The average molecular weight is 452 g/mol. The Morgan fingerprint density at radius 2 is 1.70 bits per heavy atom. The molecule has 0 radical (unpaired) electrons. The Morgan fingerprint density at radius 1 is 1.06 bits per heavy atom. The topological polar surface area (TPSA) is 99.5 Å². The smallest absolute Gasteiger partial charge is 0.269 e. The molecule has 0 unspecified atom stereocenters. The summed E-state index contributed by atoms with van der Waals surface area (Å²) in [5.74, 6) is 1.16. The maximum atomic E-state index is 9.11. The van der Waals surface area contributed by atoms with Crippen molar-refractivity contribution >= 4 is 11.8 Å². The summed E-state index contributed by atoms with van der Waals surface area (Å²) < 4.78 is 16.5. The quantitative estimate of drug-likeness (QED) is 0.270. The lowest BCUT2D eigenvalue weighted by Gasteiger charge is -2.25. The zero-order valence-electron chi connectivity index (χ0n) is 18.7. The van der Waals surface area contributed by atoms with Crippen LogP contribution in [0, 0.1) is 17.9 Å². The van der Waals surface area contributed by atoms with Crippen molar-refractivity contribution in [1.29, 1.82) is 5.26 Å². The highest BCUT2D eigenvalue weighted by atomic mass is 16.5. The number of allylic oxidation sites excluding steroid dienone is 6. The van der Waals surface area contributed by atoms with Gasteiger partial charge in [-0.1, -0.05) is 18.2 Å². The van der Waals surface area contributed by atoms with E-state index >= 15 is 0 Å². The van der Waals surface area contributed by atoms with Crippen LogP contribution in [0.1, 0.15) is 12.5 Å². The molecule has 2 rings (SSSR count). The number of benzene rings is 1. The number of ether oxygens (including phenoxy) is 3. The van der Waals surface area contributed by atoms with Gasteiger partial charge in [0.2, 0.25) is 0 Å². The molecule has 0 spiro atoms. The van der Waals surface area contributed by atoms with Crippen molar-refractivity contribution < 1.29 is 24.4 Å². The monoisotopic (exact) mass is 451 g/mol. The molecular formula is C25H29N3O5. The van der Waals surface area contributed by atoms with Crippen molar-refractivity contribution in [3.63, 3.8) is 0 Å². The van der Waals surface area contributed by atoms with Crippen LogP contribution in [-0.4, -0.2) is 62.9 Å². The summed E-state index contributed by atoms with van der Waals surface area (Å²) in [7, 11) is 0. The van der Waals surface area contributed by atoms with Gasteiger partial charge in [-0.2, -0.15) is 0 Å². The minimum absolute atomic E-state index is 0.0108. The molecular weight excluding hydrogens is 422 g/mol. The zero-order chi connectivity index (χ0) is 23.9. The third-order valence-corrected chi connectivity index (χ3v) is 4.61. The minimum Gasteiger partial charge on any atom is -0.462 e. The third-order valence-electron chi connectivity index (χ3n) is 4.61. The molecule has 0 aliphatic carbocycles. The van der Waals surface area contributed by atoms with Crippen molar-refractivity contribution in [3.05, 3.63) is 82.3 Å². The molecule has 0 saturated carbocycles. The number of hydrogen-bond acceptors (Lipinski definition) is 7. The van der Waals surface area contributed by atoms with Crippen LogP contribution >= 0.6 is 0 Å². The van der Waals surface area contributed by atoms with Gasteiger partial charge in [0.05, 0.1) is 52.3 Å². The molecule has 1 aliphatic heterocycles. The highest BCUT2D eigenvalue weighted by Crippen LogP contribution is 2.24. The van der Waals surface area contributed by atoms with Crippen LogP contribution in [-0.2, 0) is 14.2 Å². The fourth-order valence-electron chi connectivity index (χ4n) is 3.06. The number of hydrogen-bond donors (Lipinski definition) is 2. The van der Waals surface area contributed by atoms with E-state index in [4.69, 9.17) is 36.3 Å². The molecule has 8 nitrogen and oxygen atoms in total. The van der Waals surface area contributed by atoms with Crippen LogP contribution in [0.2, 0.25) is 0 Å². The Balaban J connectivity index is 2.08. The van der Waals surface area contributed by atoms with Gasteiger partial charge in [-0.25, -0.2) is 10.1 Å². The molecule has 0 aromatic heterocycles. The SMILES string of the molecule is [C-]#[N+]/C(C#N)=C1\C=C(C)OC(/C=C/c2ccc(N(CCOCCO)CCOCCO)cc2)=C1. The Labute approximate surface area is 194 Å². The molecule has 1 heterocycles. The fourth-order valence-corrected chi connectivity index (χ4v) is 3.06. The van der Waals surface area contributed by atoms with E-state index in [9.17, 15) is 0 Å². The first-order valence-corrected chi connectivity index (χ1v) is 10.6. The lowest BCUT2D eigenvalue weighted by atomic mass is 10.1. The van der Waals surface area contributed by atoms with E-state index < -0.39 is 0 Å². The van der Waals surface area contributed by atoms with Crippen molar-refractivity contribution in [3.8, 4) is 6.07 Å². The highest BCUT2D eigenvalue weighted by Gasteiger charge is 2.11. The average Bonchev–Trinajstić information content (AvgIpc) is 2.83. The van der Waals surface area contributed by atoms with Crippen molar-refractivity contribution in [1.82, 2.24) is 0 Å². The molecule has 33 heavy (non-hydrogen) atoms. The summed E-state index contributed by atoms with van der Waals surface area (Å²) in [6, 6.07) is 9.85. The molecule has 1 aliphatic rings. The van der Waals surface area contributed by atoms with Gasteiger partial charge < -0.3 is 29.3 Å². The van der Waals surface area contributed by atoms with E-state index in [2.05, 4.69) is 9.74 Å². The maximum absolute atomic E-state index is 9.11. The van der Waals surface area contributed by atoms with Crippen LogP contribution in [0.3, 0.4) is 0 Å². The zero-order valence-corrected chi connectivity index (χ0v) is 18.7. The summed E-state index contributed by atoms with van der Waals surface area (Å²) in [5, 5.41) is 26.9. The molecule has 0 bridgehead atoms. The Bertz CT molecular complexity index is 937. The van der Waals surface area contributed by atoms with Gasteiger partial charge in [-0.15, -0.1) is 0 Å². The van der Waals surface area contributed by atoms with Crippen molar-refractivity contribution in [2.45, 2.75) is 6.92 Å². The second kappa shape index (κ2) is 14.6. The predicted octanol–water partition coefficient (Wildman–Crippen LogP) is 3.04. The Kier molecular flexibility index (Phi) is 11.5. The maximum Gasteiger partial charge on any atom is 0.269 e. The molecule has 174 valence electrons. The van der Waals surface area contributed by atoms with E-state index in [0.717, 1.165) is 11.3 Å². The molecule has 0 amide bonds. The largest absolute Gasteiger partial charge is 0.462 e. The molecule has 0 atom stereocenters. The molecule has 2 N–H and O–H groups in total. The number of aliphatic hydroxyl groups is 2. The van der Waals surface area contributed by atoms with Crippen LogP contribution in [0.5, 0.6) is 0 Å². The Morgan fingerprint density at radius 3 is 2.24 bits per heavy atom. The van der Waals surface area contributed by atoms with E-state index in [0.29, 0.717) is 56.6 Å². The normalized spacial score (nSPS) is 14.7. The minimum atomic E-state index is -0.0108. The molecule has 0 fully saturated rings. The van der Waals surface area contributed by atoms with Gasteiger partial charge >= 0.3 is 0 Å². The van der Waals surface area contributed by atoms with Gasteiger partial charge in [-0.05, 0) is 48.4 Å². The van der Waals surface area contributed by atoms with E-state index in [1.165, 1.54) is 0 Å². The third kappa shape index (κ3) is 8.93. The number of aliphatic hydroxyl groups excluding tert-OH is 2. The van der Waals surface area contributed by atoms with Crippen molar-refractivity contribution in [2.24, 2.45) is 0 Å². The number of nitrogens with zero attached hydrogens (tertiary/aromatic N) is 3. The first kappa shape index (κ1) is 25.9. The van der Waals surface area contributed by atoms with Crippen LogP contribution < -0.4 is 4.90 Å². The highest BCUT2D eigenvalue weighted by molar-refractivity contribution is 5.59. The lowest BCUT2D eigenvalue weighted by Crippen LogP contribution is -2.31. The standard InChI is InChI=1S/C25H29N3O5/c1-20-17-22(25(19-26)27-2)18-24(33-20)8-5-21-3-6-23(7-4-21)28(9-13-31-15-11-29)10-14-32-16-12-30/h3-8,17-18,29-30H,9-16H2,1H3/b8-5+,25-22+. The van der Waals surface area contributed by atoms with Gasteiger partial charge in [0.1, 0.15) is 11.5 Å². The fraction of sp³-hybridized carbons (Fsp3) is 0.360. The second-order valence-electron chi connectivity index (χ2n) is 7.02. The van der Waals surface area contributed by atoms with Gasteiger partial charge in [0, 0.05) is 18.8 Å². The summed E-state index contributed by atoms with van der Waals surface area (Å²) in [6.45, 7) is 11.7. The summed E-state index contributed by atoms with van der Waals surface area (Å²) in [5.41, 5.74) is 2.52. The van der Waals surface area contributed by atoms with Crippen LogP contribution in [0.25, 0.3) is 10.9 Å². The van der Waals surface area contributed by atoms with Crippen molar-refractivity contribution in [2.75, 3.05) is 57.6 Å². The van der Waals surface area contributed by atoms with E-state index in [1.807, 2.05) is 36.4 Å². The number of rotatable bonds is 13. The summed E-state index contributed by atoms with van der Waals surface area (Å²) in [6.07, 6.45) is 7.04. The lowest BCUT2D eigenvalue weighted by molar-refractivity contribution is 0.0884. The van der Waals surface area contributed by atoms with Gasteiger partial charge in [0.15, 0.2) is 0 Å². The molecule has 1 aromatic rings. The van der Waals surface area contributed by atoms with E-state index in [1.54, 1.807) is 25.2 Å². The first-order valence-electron chi connectivity index (χ1n) is 10.6. The molecule has 8 heteroatoms.